The van der Waals surface area contributed by atoms with Gasteiger partial charge >= 0.3 is 0 Å². The van der Waals surface area contributed by atoms with Gasteiger partial charge in [-0.3, -0.25) is 9.59 Å². The fraction of sp³-hybridized carbons (Fsp3) is 0.355. The van der Waals surface area contributed by atoms with Crippen LogP contribution in [0.1, 0.15) is 48.8 Å². The number of nitrogens with zero attached hydrogens (tertiary/aromatic N) is 1. The van der Waals surface area contributed by atoms with Crippen molar-refractivity contribution in [2.75, 3.05) is 5.75 Å². The van der Waals surface area contributed by atoms with Gasteiger partial charge in [-0.2, -0.15) is 0 Å². The summed E-state index contributed by atoms with van der Waals surface area (Å²) in [6.45, 7) is 0.367. The molecule has 0 bridgehead atoms. The third-order valence-corrected chi connectivity index (χ3v) is 7.81. The second kappa shape index (κ2) is 14.0. The highest BCUT2D eigenvalue weighted by molar-refractivity contribution is 7.99. The lowest BCUT2D eigenvalue weighted by molar-refractivity contribution is -0.139. The van der Waals surface area contributed by atoms with Crippen LogP contribution in [0, 0.1) is 5.82 Å². The third kappa shape index (κ3) is 8.46. The lowest BCUT2D eigenvalue weighted by Crippen LogP contribution is -2.53. The molecule has 2 amide bonds. The molecule has 1 N–H and O–H groups in total. The van der Waals surface area contributed by atoms with E-state index in [-0.39, 0.29) is 29.4 Å². The molecule has 0 radical (unpaired) electrons. The SMILES string of the molecule is O=C(NC1CCCCC1)[C@@H](Cc1ccccc1)N(Cc1ccccc1)C(=O)CSCc1ccc(F)cc1. The summed E-state index contributed by atoms with van der Waals surface area (Å²) in [5, 5.41) is 3.27. The van der Waals surface area contributed by atoms with Crippen molar-refractivity contribution in [1.82, 2.24) is 10.2 Å². The summed E-state index contributed by atoms with van der Waals surface area (Å²) in [7, 11) is 0. The molecule has 1 aliphatic carbocycles. The predicted molar refractivity (Wildman–Crippen MR) is 149 cm³/mol. The molecule has 37 heavy (non-hydrogen) atoms. The van der Waals surface area contributed by atoms with Gasteiger partial charge in [0.05, 0.1) is 5.75 Å². The summed E-state index contributed by atoms with van der Waals surface area (Å²) in [6.07, 6.45) is 5.90. The molecule has 4 rings (SSSR count). The zero-order chi connectivity index (χ0) is 25.9. The molecule has 194 valence electrons. The van der Waals surface area contributed by atoms with Gasteiger partial charge in [0.25, 0.3) is 0 Å². The molecule has 0 unspecified atom stereocenters. The maximum Gasteiger partial charge on any atom is 0.243 e. The number of thioether (sulfide) groups is 1. The van der Waals surface area contributed by atoms with E-state index in [0.717, 1.165) is 42.4 Å². The number of carbonyl (C=O) groups is 2. The third-order valence-electron chi connectivity index (χ3n) is 6.83. The summed E-state index contributed by atoms with van der Waals surface area (Å²) >= 11 is 1.48. The number of rotatable bonds is 11. The molecular weight excluding hydrogens is 483 g/mol. The first-order chi connectivity index (χ1) is 18.1. The largest absolute Gasteiger partial charge is 0.352 e. The topological polar surface area (TPSA) is 49.4 Å². The number of halogens is 1. The lowest BCUT2D eigenvalue weighted by atomic mass is 9.94. The van der Waals surface area contributed by atoms with Crippen molar-refractivity contribution < 1.29 is 14.0 Å². The van der Waals surface area contributed by atoms with Crippen molar-refractivity contribution in [1.29, 1.82) is 0 Å². The minimum Gasteiger partial charge on any atom is -0.352 e. The van der Waals surface area contributed by atoms with E-state index < -0.39 is 6.04 Å². The average Bonchev–Trinajstić information content (AvgIpc) is 2.93. The monoisotopic (exact) mass is 518 g/mol. The molecule has 1 fully saturated rings. The van der Waals surface area contributed by atoms with E-state index in [2.05, 4.69) is 5.32 Å². The molecule has 1 aliphatic rings. The molecular formula is C31H35FN2O2S. The van der Waals surface area contributed by atoms with Gasteiger partial charge in [-0.05, 0) is 41.7 Å². The zero-order valence-electron chi connectivity index (χ0n) is 21.2. The first kappa shape index (κ1) is 26.9. The Hall–Kier alpha value is -3.12. The Bertz CT molecular complexity index is 1120. The van der Waals surface area contributed by atoms with E-state index in [0.29, 0.717) is 18.7 Å². The Kier molecular flexibility index (Phi) is 10.2. The van der Waals surface area contributed by atoms with E-state index >= 15 is 0 Å². The minimum atomic E-state index is -0.608. The fourth-order valence-electron chi connectivity index (χ4n) is 4.80. The molecule has 6 heteroatoms. The van der Waals surface area contributed by atoms with Crippen LogP contribution in [0.4, 0.5) is 4.39 Å². The van der Waals surface area contributed by atoms with Gasteiger partial charge in [0.15, 0.2) is 0 Å². The van der Waals surface area contributed by atoms with E-state index in [1.807, 2.05) is 60.7 Å². The van der Waals surface area contributed by atoms with Crippen molar-refractivity contribution in [3.05, 3.63) is 107 Å². The molecule has 1 saturated carbocycles. The molecule has 3 aromatic carbocycles. The van der Waals surface area contributed by atoms with Crippen LogP contribution in [0.15, 0.2) is 84.9 Å². The van der Waals surface area contributed by atoms with Crippen molar-refractivity contribution in [2.45, 2.75) is 62.9 Å². The Labute approximate surface area is 223 Å². The summed E-state index contributed by atoms with van der Waals surface area (Å²) in [4.78, 5) is 29.2. The maximum atomic E-state index is 13.7. The van der Waals surface area contributed by atoms with E-state index in [1.165, 1.54) is 30.3 Å². The van der Waals surface area contributed by atoms with Crippen LogP contribution in [0.5, 0.6) is 0 Å². The second-order valence-corrected chi connectivity index (χ2v) is 10.7. The van der Waals surface area contributed by atoms with Crippen LogP contribution in [0.25, 0.3) is 0 Å². The van der Waals surface area contributed by atoms with Crippen LogP contribution < -0.4 is 5.32 Å². The summed E-state index contributed by atoms with van der Waals surface area (Å²) in [6, 6.07) is 25.7. The van der Waals surface area contributed by atoms with Crippen molar-refractivity contribution in [3.8, 4) is 0 Å². The summed E-state index contributed by atoms with van der Waals surface area (Å²) in [5.74, 6) is 0.417. The number of hydrogen-bond donors (Lipinski definition) is 1. The fourth-order valence-corrected chi connectivity index (χ4v) is 5.67. The predicted octanol–water partition coefficient (Wildman–Crippen LogP) is 6.15. The second-order valence-electron chi connectivity index (χ2n) is 9.68. The van der Waals surface area contributed by atoms with Crippen molar-refractivity contribution in [2.24, 2.45) is 0 Å². The smallest absolute Gasteiger partial charge is 0.243 e. The van der Waals surface area contributed by atoms with Gasteiger partial charge in [0.1, 0.15) is 11.9 Å². The van der Waals surface area contributed by atoms with Crippen molar-refractivity contribution in [3.63, 3.8) is 0 Å². The van der Waals surface area contributed by atoms with E-state index in [4.69, 9.17) is 0 Å². The van der Waals surface area contributed by atoms with Crippen LogP contribution >= 0.6 is 11.8 Å². The number of benzene rings is 3. The van der Waals surface area contributed by atoms with Crippen LogP contribution in [-0.2, 0) is 28.3 Å². The summed E-state index contributed by atoms with van der Waals surface area (Å²) < 4.78 is 13.3. The van der Waals surface area contributed by atoms with Crippen LogP contribution in [0.3, 0.4) is 0 Å². The molecule has 0 heterocycles. The number of carbonyl (C=O) groups excluding carboxylic acids is 2. The number of amides is 2. The highest BCUT2D eigenvalue weighted by atomic mass is 32.2. The van der Waals surface area contributed by atoms with Crippen molar-refractivity contribution >= 4 is 23.6 Å². The van der Waals surface area contributed by atoms with Gasteiger partial charge in [-0.25, -0.2) is 4.39 Å². The van der Waals surface area contributed by atoms with Gasteiger partial charge < -0.3 is 10.2 Å². The van der Waals surface area contributed by atoms with Gasteiger partial charge in [0, 0.05) is 24.8 Å². The number of hydrogen-bond acceptors (Lipinski definition) is 3. The highest BCUT2D eigenvalue weighted by Crippen LogP contribution is 2.21. The first-order valence-electron chi connectivity index (χ1n) is 13.1. The molecule has 0 aliphatic heterocycles. The van der Waals surface area contributed by atoms with Crippen LogP contribution in [0.2, 0.25) is 0 Å². The molecule has 3 aromatic rings. The zero-order valence-corrected chi connectivity index (χ0v) is 22.0. The molecule has 0 saturated heterocycles. The molecule has 0 spiro atoms. The molecule has 0 aromatic heterocycles. The Morgan fingerprint density at radius 2 is 1.46 bits per heavy atom. The minimum absolute atomic E-state index is 0.0734. The van der Waals surface area contributed by atoms with Gasteiger partial charge in [0.2, 0.25) is 11.8 Å². The molecule has 1 atom stereocenters. The first-order valence-corrected chi connectivity index (χ1v) is 14.2. The highest BCUT2D eigenvalue weighted by Gasteiger charge is 2.31. The van der Waals surface area contributed by atoms with Crippen LogP contribution in [-0.4, -0.2) is 34.6 Å². The lowest BCUT2D eigenvalue weighted by Gasteiger charge is -2.33. The Balaban J connectivity index is 1.54. The quantitative estimate of drug-likeness (QED) is 0.331. The van der Waals surface area contributed by atoms with Gasteiger partial charge in [-0.15, -0.1) is 11.8 Å². The standard InChI is InChI=1S/C31H35FN2O2S/c32-27-18-16-26(17-19-27)22-37-23-30(35)34(21-25-12-6-2-7-13-25)29(20-24-10-4-1-5-11-24)31(36)33-28-14-8-3-9-15-28/h1-2,4-7,10-13,16-19,28-29H,3,8-9,14-15,20-23H2,(H,33,36)/t29-/m1/s1. The maximum absolute atomic E-state index is 13.7. The van der Waals surface area contributed by atoms with E-state index in [9.17, 15) is 14.0 Å². The average molecular weight is 519 g/mol. The van der Waals surface area contributed by atoms with Gasteiger partial charge in [-0.1, -0.05) is 92.1 Å². The Morgan fingerprint density at radius 1 is 0.838 bits per heavy atom. The summed E-state index contributed by atoms with van der Waals surface area (Å²) in [5.41, 5.74) is 2.98. The molecule has 4 nitrogen and oxygen atoms in total. The van der Waals surface area contributed by atoms with E-state index in [1.54, 1.807) is 17.0 Å². The normalized spacial score (nSPS) is 14.6. The number of nitrogens with one attached hydrogen (secondary N) is 1. The Morgan fingerprint density at radius 3 is 2.11 bits per heavy atom.